The fourth-order valence-corrected chi connectivity index (χ4v) is 2.63. The molecule has 0 aromatic rings. The molecular weight excluding hydrogens is 354 g/mol. The third-order valence-corrected chi connectivity index (χ3v) is 2.95. The Hall–Kier alpha value is 1.38. The van der Waals surface area contributed by atoms with Crippen LogP contribution in [0.3, 0.4) is 0 Å². The summed E-state index contributed by atoms with van der Waals surface area (Å²) >= 11 is 4.66. The molecule has 1 aliphatic rings. The lowest BCUT2D eigenvalue weighted by Gasteiger charge is -2.42. The molecule has 0 bridgehead atoms. The van der Waals surface area contributed by atoms with E-state index in [1.807, 2.05) is 0 Å². The van der Waals surface area contributed by atoms with Gasteiger partial charge in [-0.1, -0.05) is 0 Å². The number of likely N-dealkylation sites (N-methyl/N-ethyl adjacent to an activating group) is 1. The predicted molar refractivity (Wildman–Crippen MR) is 60.4 cm³/mol. The first-order valence-corrected chi connectivity index (χ1v) is 5.39. The van der Waals surface area contributed by atoms with Gasteiger partial charge >= 0.3 is 0 Å². The van der Waals surface area contributed by atoms with Crippen LogP contribution in [0.25, 0.3) is 0 Å². The minimum Gasteiger partial charge on any atom is -0.313 e. The van der Waals surface area contributed by atoms with E-state index in [9.17, 15) is 0 Å². The summed E-state index contributed by atoms with van der Waals surface area (Å²) in [5.41, 5.74) is 0.447. The van der Waals surface area contributed by atoms with E-state index in [-0.39, 0.29) is 0 Å². The highest BCUT2D eigenvalue weighted by molar-refractivity contribution is 14.2. The van der Waals surface area contributed by atoms with Crippen molar-refractivity contribution in [2.45, 2.75) is 24.8 Å². The lowest BCUT2D eigenvalue weighted by Crippen LogP contribution is -2.53. The molecule has 1 saturated carbocycles. The van der Waals surface area contributed by atoms with E-state index in [0.29, 0.717) is 5.54 Å². The van der Waals surface area contributed by atoms with E-state index in [4.69, 9.17) is 0 Å². The van der Waals surface area contributed by atoms with Crippen LogP contribution >= 0.6 is 45.7 Å². The summed E-state index contributed by atoms with van der Waals surface area (Å²) in [7, 11) is 2.07. The largest absolute Gasteiger partial charge is 0.313 e. The average molecular weight is 366 g/mol. The Morgan fingerprint density at radius 2 is 2.10 bits per heavy atom. The van der Waals surface area contributed by atoms with Gasteiger partial charge in [0.25, 0.3) is 0 Å². The molecule has 0 saturated heterocycles. The van der Waals surface area contributed by atoms with Crippen molar-refractivity contribution < 1.29 is 0 Å². The van der Waals surface area contributed by atoms with E-state index in [1.165, 1.54) is 19.3 Å². The smallest absolute Gasteiger partial charge is 0.0367 e. The quantitative estimate of drug-likeness (QED) is 0.609. The lowest BCUT2D eigenvalue weighted by molar-refractivity contribution is 0.193. The van der Waals surface area contributed by atoms with Crippen LogP contribution in [0.5, 0.6) is 0 Å². The van der Waals surface area contributed by atoms with Crippen LogP contribution in [0.1, 0.15) is 19.3 Å². The van der Waals surface area contributed by atoms with Gasteiger partial charge in [-0.15, -0.1) is 0 Å². The van der Waals surface area contributed by atoms with Crippen LogP contribution in [0.2, 0.25) is 0 Å². The Bertz CT molecular complexity index is 107. The van der Waals surface area contributed by atoms with E-state index in [0.717, 1.165) is 6.54 Å². The molecule has 0 unspecified atom stereocenters. The first kappa shape index (κ1) is 9.47. The van der Waals surface area contributed by atoms with Crippen molar-refractivity contribution in [2.24, 2.45) is 0 Å². The maximum absolute atomic E-state index is 3.39. The molecule has 0 radical (unpaired) electrons. The van der Waals surface area contributed by atoms with Gasteiger partial charge in [-0.2, -0.15) is 1.33 Å². The van der Waals surface area contributed by atoms with Crippen LogP contribution in [0.15, 0.2) is 0 Å². The molecule has 0 aromatic carbocycles. The Labute approximate surface area is 90.1 Å². The number of nitrogens with one attached hydrogen (secondary N) is 1. The SMILES string of the molecule is CNC1(CN(I)I)CCC1. The van der Waals surface area contributed by atoms with Gasteiger partial charge in [-0.3, -0.25) is 0 Å². The zero-order valence-electron chi connectivity index (χ0n) is 6.03. The molecule has 0 aliphatic heterocycles. The summed E-state index contributed by atoms with van der Waals surface area (Å²) in [6, 6.07) is 0. The monoisotopic (exact) mass is 366 g/mol. The molecule has 0 amide bonds. The second kappa shape index (κ2) is 3.86. The number of hydrogen-bond acceptors (Lipinski definition) is 2. The second-order valence-electron chi connectivity index (χ2n) is 2.84. The fourth-order valence-electron chi connectivity index (χ4n) is 1.32. The van der Waals surface area contributed by atoms with Gasteiger partial charge in [0.05, 0.1) is 0 Å². The molecule has 2 nitrogen and oxygen atoms in total. The van der Waals surface area contributed by atoms with E-state index in [1.54, 1.807) is 0 Å². The minimum atomic E-state index is 0.447. The van der Waals surface area contributed by atoms with Crippen molar-refractivity contribution >= 4 is 45.7 Å². The highest BCUT2D eigenvalue weighted by atomic mass is 127. The van der Waals surface area contributed by atoms with E-state index < -0.39 is 0 Å². The van der Waals surface area contributed by atoms with Gasteiger partial charge in [-0.05, 0) is 26.3 Å². The Kier molecular flexibility index (Phi) is 3.66. The molecule has 1 fully saturated rings. The minimum absolute atomic E-state index is 0.447. The highest BCUT2D eigenvalue weighted by Gasteiger charge is 2.35. The number of halogens is 2. The van der Waals surface area contributed by atoms with Crippen LogP contribution in [-0.2, 0) is 0 Å². The maximum atomic E-state index is 3.39. The van der Waals surface area contributed by atoms with Crippen LogP contribution in [0, 0.1) is 0 Å². The van der Waals surface area contributed by atoms with E-state index >= 15 is 0 Å². The predicted octanol–water partition coefficient (Wildman–Crippen LogP) is 2.13. The summed E-state index contributed by atoms with van der Waals surface area (Å²) in [6.45, 7) is 1.16. The molecule has 0 aromatic heterocycles. The van der Waals surface area contributed by atoms with Crippen molar-refractivity contribution in [1.29, 1.82) is 0 Å². The molecule has 60 valence electrons. The third-order valence-electron chi connectivity index (χ3n) is 2.26. The first-order chi connectivity index (χ1) is 4.68. The Morgan fingerprint density at radius 1 is 1.50 bits per heavy atom. The van der Waals surface area contributed by atoms with Crippen molar-refractivity contribution in [3.63, 3.8) is 0 Å². The zero-order valence-corrected chi connectivity index (χ0v) is 10.3. The summed E-state index contributed by atoms with van der Waals surface area (Å²) in [6.07, 6.45) is 4.07. The van der Waals surface area contributed by atoms with Gasteiger partial charge in [0.15, 0.2) is 0 Å². The second-order valence-corrected chi connectivity index (χ2v) is 7.02. The van der Waals surface area contributed by atoms with Crippen molar-refractivity contribution in [3.8, 4) is 0 Å². The third kappa shape index (κ3) is 2.18. The van der Waals surface area contributed by atoms with Gasteiger partial charge in [0, 0.05) is 57.8 Å². The molecule has 10 heavy (non-hydrogen) atoms. The van der Waals surface area contributed by atoms with Crippen molar-refractivity contribution in [1.82, 2.24) is 6.64 Å². The molecule has 0 heterocycles. The molecular formula is C6H12I2N2. The lowest BCUT2D eigenvalue weighted by atomic mass is 9.77. The Morgan fingerprint density at radius 3 is 2.20 bits per heavy atom. The van der Waals surface area contributed by atoms with Gasteiger partial charge < -0.3 is 5.32 Å². The average Bonchev–Trinajstić information content (AvgIpc) is 1.78. The fraction of sp³-hybridized carbons (Fsp3) is 1.00. The van der Waals surface area contributed by atoms with Gasteiger partial charge in [0.2, 0.25) is 0 Å². The Balaban J connectivity index is 2.33. The maximum Gasteiger partial charge on any atom is 0.0367 e. The molecule has 0 atom stereocenters. The topological polar surface area (TPSA) is 15.3 Å². The molecule has 1 aliphatic carbocycles. The molecule has 0 spiro atoms. The van der Waals surface area contributed by atoms with Gasteiger partial charge in [0.1, 0.15) is 0 Å². The van der Waals surface area contributed by atoms with Crippen molar-refractivity contribution in [2.75, 3.05) is 13.6 Å². The number of rotatable bonds is 3. The zero-order chi connectivity index (χ0) is 7.61. The highest BCUT2D eigenvalue weighted by Crippen LogP contribution is 2.33. The van der Waals surface area contributed by atoms with Gasteiger partial charge in [-0.25, -0.2) is 0 Å². The molecule has 4 heteroatoms. The summed E-state index contributed by atoms with van der Waals surface area (Å²) in [5, 5.41) is 3.39. The first-order valence-electron chi connectivity index (χ1n) is 3.46. The normalized spacial score (nSPS) is 22.8. The van der Waals surface area contributed by atoms with Crippen LogP contribution in [0.4, 0.5) is 0 Å². The summed E-state index contributed by atoms with van der Waals surface area (Å²) in [4.78, 5) is 0. The number of hydrogen-bond donors (Lipinski definition) is 1. The number of nitrogens with zero attached hydrogens (tertiary/aromatic N) is 1. The van der Waals surface area contributed by atoms with Crippen molar-refractivity contribution in [3.05, 3.63) is 0 Å². The summed E-state index contributed by atoms with van der Waals surface area (Å²) < 4.78 is 2.20. The molecule has 1 rings (SSSR count). The van der Waals surface area contributed by atoms with Crippen LogP contribution < -0.4 is 5.32 Å². The molecule has 1 N–H and O–H groups in total. The summed E-state index contributed by atoms with van der Waals surface area (Å²) in [5.74, 6) is 0. The standard InChI is InChI=1S/C6H12I2N2/c1-9-6(3-2-4-6)5-10(7)8/h9H,2-5H2,1H3. The van der Waals surface area contributed by atoms with E-state index in [2.05, 4.69) is 59.4 Å². The van der Waals surface area contributed by atoms with Crippen LogP contribution in [-0.4, -0.2) is 20.5 Å².